The molecular formula is C11H21NO4. The van der Waals surface area contributed by atoms with Gasteiger partial charge in [0.2, 0.25) is 5.91 Å². The van der Waals surface area contributed by atoms with Crippen molar-refractivity contribution in [2.24, 2.45) is 5.92 Å². The Balaban J connectivity index is 2.30. The van der Waals surface area contributed by atoms with Crippen LogP contribution in [0.5, 0.6) is 0 Å². The molecule has 1 aliphatic heterocycles. The van der Waals surface area contributed by atoms with Crippen molar-refractivity contribution in [2.45, 2.75) is 19.4 Å². The van der Waals surface area contributed by atoms with Crippen molar-refractivity contribution in [1.29, 1.82) is 0 Å². The Morgan fingerprint density at radius 2 is 2.25 bits per heavy atom. The molecule has 0 bridgehead atoms. The zero-order chi connectivity index (χ0) is 12.0. The van der Waals surface area contributed by atoms with E-state index in [-0.39, 0.29) is 25.2 Å². The average Bonchev–Trinajstić information content (AvgIpc) is 2.65. The molecule has 2 atom stereocenters. The monoisotopic (exact) mass is 231 g/mol. The maximum atomic E-state index is 11.8. The fraction of sp³-hybridized carbons (Fsp3) is 0.909. The first kappa shape index (κ1) is 13.4. The van der Waals surface area contributed by atoms with Gasteiger partial charge < -0.3 is 19.5 Å². The number of aliphatic hydroxyl groups is 1. The Bertz CT molecular complexity index is 222. The van der Waals surface area contributed by atoms with Crippen LogP contribution in [0.2, 0.25) is 0 Å². The minimum Gasteiger partial charge on any atom is -0.394 e. The van der Waals surface area contributed by atoms with E-state index in [0.29, 0.717) is 19.1 Å². The summed E-state index contributed by atoms with van der Waals surface area (Å²) in [4.78, 5) is 13.5. The second-order valence-electron chi connectivity index (χ2n) is 4.15. The second kappa shape index (κ2) is 6.83. The van der Waals surface area contributed by atoms with Crippen LogP contribution in [-0.4, -0.2) is 62.0 Å². The van der Waals surface area contributed by atoms with Crippen molar-refractivity contribution in [3.63, 3.8) is 0 Å². The molecular weight excluding hydrogens is 210 g/mol. The highest BCUT2D eigenvalue weighted by Gasteiger charge is 2.33. The number of ether oxygens (including phenoxy) is 2. The lowest BCUT2D eigenvalue weighted by molar-refractivity contribution is -0.138. The third kappa shape index (κ3) is 3.43. The van der Waals surface area contributed by atoms with Gasteiger partial charge in [-0.15, -0.1) is 0 Å². The molecule has 1 aliphatic rings. The number of aliphatic hydroxyl groups excluding tert-OH is 1. The summed E-state index contributed by atoms with van der Waals surface area (Å²) in [5.41, 5.74) is 0. The number of carbonyl (C=O) groups is 1. The Morgan fingerprint density at radius 1 is 1.50 bits per heavy atom. The van der Waals surface area contributed by atoms with Crippen molar-refractivity contribution in [1.82, 2.24) is 4.90 Å². The lowest BCUT2D eigenvalue weighted by atomic mass is 10.0. The van der Waals surface area contributed by atoms with Gasteiger partial charge in [-0.1, -0.05) is 6.92 Å². The lowest BCUT2D eigenvalue weighted by Gasteiger charge is -2.25. The van der Waals surface area contributed by atoms with Gasteiger partial charge >= 0.3 is 0 Å². The van der Waals surface area contributed by atoms with E-state index in [1.807, 2.05) is 0 Å². The fourth-order valence-corrected chi connectivity index (χ4v) is 1.98. The minimum absolute atomic E-state index is 0.0327. The van der Waals surface area contributed by atoms with Crippen LogP contribution < -0.4 is 0 Å². The Labute approximate surface area is 96.3 Å². The zero-order valence-electron chi connectivity index (χ0n) is 10.0. The van der Waals surface area contributed by atoms with E-state index >= 15 is 0 Å². The SMILES string of the molecule is COCCOCC(=O)N1CCC(C)C1CO. The van der Waals surface area contributed by atoms with E-state index in [1.54, 1.807) is 12.0 Å². The first-order valence-corrected chi connectivity index (χ1v) is 5.67. The summed E-state index contributed by atoms with van der Waals surface area (Å²) in [6.45, 7) is 3.80. The molecule has 1 fully saturated rings. The molecule has 0 aliphatic carbocycles. The molecule has 1 rings (SSSR count). The molecule has 5 heteroatoms. The van der Waals surface area contributed by atoms with Crippen LogP contribution in [0.15, 0.2) is 0 Å². The van der Waals surface area contributed by atoms with Crippen LogP contribution in [0, 0.1) is 5.92 Å². The summed E-state index contributed by atoms with van der Waals surface area (Å²) >= 11 is 0. The summed E-state index contributed by atoms with van der Waals surface area (Å²) < 4.78 is 10.00. The van der Waals surface area contributed by atoms with Crippen molar-refractivity contribution in [2.75, 3.05) is 40.1 Å². The number of hydrogen-bond donors (Lipinski definition) is 1. The summed E-state index contributed by atoms with van der Waals surface area (Å²) in [6.07, 6.45) is 0.953. The first-order chi connectivity index (χ1) is 7.70. The molecule has 1 amide bonds. The highest BCUT2D eigenvalue weighted by Crippen LogP contribution is 2.23. The summed E-state index contributed by atoms with van der Waals surface area (Å²) in [5, 5.41) is 9.21. The van der Waals surface area contributed by atoms with Gasteiger partial charge in [-0.3, -0.25) is 4.79 Å². The van der Waals surface area contributed by atoms with Crippen molar-refractivity contribution >= 4 is 5.91 Å². The Hall–Kier alpha value is -0.650. The quantitative estimate of drug-likeness (QED) is 0.647. The molecule has 0 saturated carbocycles. The number of rotatable bonds is 6. The summed E-state index contributed by atoms with van der Waals surface area (Å²) in [7, 11) is 1.59. The van der Waals surface area contributed by atoms with Crippen LogP contribution in [0.25, 0.3) is 0 Å². The van der Waals surface area contributed by atoms with Crippen LogP contribution in [0.1, 0.15) is 13.3 Å². The van der Waals surface area contributed by atoms with Crippen molar-refractivity contribution in [3.05, 3.63) is 0 Å². The standard InChI is InChI=1S/C11H21NO4/c1-9-3-4-12(10(9)7-13)11(14)8-16-6-5-15-2/h9-10,13H,3-8H2,1-2H3. The number of likely N-dealkylation sites (tertiary alicyclic amines) is 1. The Kier molecular flexibility index (Phi) is 5.73. The van der Waals surface area contributed by atoms with Gasteiger partial charge in [0.1, 0.15) is 6.61 Å². The highest BCUT2D eigenvalue weighted by atomic mass is 16.5. The van der Waals surface area contributed by atoms with E-state index in [1.165, 1.54) is 0 Å². The topological polar surface area (TPSA) is 59.0 Å². The highest BCUT2D eigenvalue weighted by molar-refractivity contribution is 5.78. The molecule has 0 aromatic rings. The predicted octanol–water partition coefficient (Wildman–Crippen LogP) is -0.121. The second-order valence-corrected chi connectivity index (χ2v) is 4.15. The first-order valence-electron chi connectivity index (χ1n) is 5.67. The van der Waals surface area contributed by atoms with Crippen molar-refractivity contribution in [3.8, 4) is 0 Å². The number of hydrogen-bond acceptors (Lipinski definition) is 4. The van der Waals surface area contributed by atoms with Crippen LogP contribution in [-0.2, 0) is 14.3 Å². The number of amides is 1. The third-order valence-electron chi connectivity index (χ3n) is 3.05. The molecule has 0 radical (unpaired) electrons. The van der Waals surface area contributed by atoms with E-state index in [0.717, 1.165) is 13.0 Å². The van der Waals surface area contributed by atoms with Gasteiger partial charge in [-0.05, 0) is 12.3 Å². The van der Waals surface area contributed by atoms with E-state index in [9.17, 15) is 9.90 Å². The average molecular weight is 231 g/mol. The smallest absolute Gasteiger partial charge is 0.248 e. The molecule has 1 saturated heterocycles. The van der Waals surface area contributed by atoms with Crippen LogP contribution in [0.4, 0.5) is 0 Å². The molecule has 94 valence electrons. The third-order valence-corrected chi connectivity index (χ3v) is 3.05. The Morgan fingerprint density at radius 3 is 2.88 bits per heavy atom. The van der Waals surface area contributed by atoms with E-state index in [2.05, 4.69) is 6.92 Å². The van der Waals surface area contributed by atoms with E-state index < -0.39 is 0 Å². The summed E-state index contributed by atoms with van der Waals surface area (Å²) in [6, 6.07) is -0.0430. The molecule has 16 heavy (non-hydrogen) atoms. The summed E-state index contributed by atoms with van der Waals surface area (Å²) in [5.74, 6) is 0.326. The molecule has 5 nitrogen and oxygen atoms in total. The van der Waals surface area contributed by atoms with Gasteiger partial charge in [-0.25, -0.2) is 0 Å². The molecule has 0 aromatic heterocycles. The largest absolute Gasteiger partial charge is 0.394 e. The number of carbonyl (C=O) groups excluding carboxylic acids is 1. The van der Waals surface area contributed by atoms with Gasteiger partial charge in [0, 0.05) is 13.7 Å². The van der Waals surface area contributed by atoms with Gasteiger partial charge in [0.15, 0.2) is 0 Å². The molecule has 0 spiro atoms. The molecule has 1 N–H and O–H groups in total. The predicted molar refractivity (Wildman–Crippen MR) is 59.1 cm³/mol. The van der Waals surface area contributed by atoms with Gasteiger partial charge in [0.25, 0.3) is 0 Å². The normalized spacial score (nSPS) is 25.1. The number of methoxy groups -OCH3 is 1. The lowest BCUT2D eigenvalue weighted by Crippen LogP contribution is -2.41. The zero-order valence-corrected chi connectivity index (χ0v) is 10.0. The van der Waals surface area contributed by atoms with Gasteiger partial charge in [-0.2, -0.15) is 0 Å². The van der Waals surface area contributed by atoms with Crippen LogP contribution in [0.3, 0.4) is 0 Å². The molecule has 1 heterocycles. The molecule has 0 aromatic carbocycles. The minimum atomic E-state index is -0.0430. The number of nitrogens with zero attached hydrogens (tertiary/aromatic N) is 1. The molecule has 2 unspecified atom stereocenters. The van der Waals surface area contributed by atoms with Crippen molar-refractivity contribution < 1.29 is 19.4 Å². The van der Waals surface area contributed by atoms with Gasteiger partial charge in [0.05, 0.1) is 25.9 Å². The van der Waals surface area contributed by atoms with E-state index in [4.69, 9.17) is 9.47 Å². The fourth-order valence-electron chi connectivity index (χ4n) is 1.98. The maximum Gasteiger partial charge on any atom is 0.248 e. The van der Waals surface area contributed by atoms with Crippen LogP contribution >= 0.6 is 0 Å². The maximum absolute atomic E-state index is 11.8.